The Hall–Kier alpha value is -1.72. The molecule has 1 aromatic heterocycles. The Labute approximate surface area is 136 Å². The van der Waals surface area contributed by atoms with Crippen LogP contribution < -0.4 is 5.32 Å². The Kier molecular flexibility index (Phi) is 5.69. The van der Waals surface area contributed by atoms with Crippen LogP contribution in [0, 0.1) is 0 Å². The van der Waals surface area contributed by atoms with E-state index in [4.69, 9.17) is 0 Å². The Bertz CT molecular complexity index is 634. The van der Waals surface area contributed by atoms with Crippen LogP contribution in [0.2, 0.25) is 0 Å². The number of carbonyl (C=O) groups is 1. The summed E-state index contributed by atoms with van der Waals surface area (Å²) in [6.45, 7) is 5.57. The zero-order valence-electron chi connectivity index (χ0n) is 13.6. The van der Waals surface area contributed by atoms with E-state index in [-0.39, 0.29) is 5.91 Å². The van der Waals surface area contributed by atoms with Gasteiger partial charge in [-0.05, 0) is 31.1 Å². The number of hydrogen-bond donors (Lipinski definition) is 1. The smallest absolute Gasteiger partial charge is 0.280 e. The summed E-state index contributed by atoms with van der Waals surface area (Å²) in [7, 11) is 4.09. The van der Waals surface area contributed by atoms with E-state index in [9.17, 15) is 4.79 Å². The van der Waals surface area contributed by atoms with Gasteiger partial charge in [-0.15, -0.1) is 11.3 Å². The second-order valence-corrected chi connectivity index (χ2v) is 6.83. The molecule has 0 unspecified atom stereocenters. The lowest BCUT2D eigenvalue weighted by molar-refractivity contribution is 0.0950. The number of nitrogens with zero attached hydrogens (tertiary/aromatic N) is 2. The molecule has 0 spiro atoms. The summed E-state index contributed by atoms with van der Waals surface area (Å²) in [4.78, 5) is 18.6. The Morgan fingerprint density at radius 2 is 2.05 bits per heavy atom. The first-order valence-electron chi connectivity index (χ1n) is 7.42. The number of benzene rings is 1. The molecular formula is C17H23N3OS. The molecule has 2 aromatic rings. The molecule has 0 aliphatic carbocycles. The second-order valence-electron chi connectivity index (χ2n) is 5.97. The summed E-state index contributed by atoms with van der Waals surface area (Å²) in [5.74, 6) is 0.246. The highest BCUT2D eigenvalue weighted by molar-refractivity contribution is 7.11. The fourth-order valence-electron chi connectivity index (χ4n) is 2.12. The first kappa shape index (κ1) is 16.6. The van der Waals surface area contributed by atoms with Gasteiger partial charge in [-0.2, -0.15) is 0 Å². The first-order chi connectivity index (χ1) is 10.5. The third kappa shape index (κ3) is 4.64. The number of carbonyl (C=O) groups excluding carboxylic acids is 1. The van der Waals surface area contributed by atoms with Gasteiger partial charge in [-0.25, -0.2) is 4.98 Å². The van der Waals surface area contributed by atoms with Gasteiger partial charge in [0.25, 0.3) is 5.91 Å². The molecule has 5 heteroatoms. The molecule has 0 aliphatic heterocycles. The number of nitrogens with one attached hydrogen (secondary N) is 1. The second kappa shape index (κ2) is 7.51. The first-order valence-corrected chi connectivity index (χ1v) is 8.30. The van der Waals surface area contributed by atoms with Crippen molar-refractivity contribution in [1.82, 2.24) is 15.2 Å². The molecule has 0 bridgehead atoms. The maximum Gasteiger partial charge on any atom is 0.280 e. The fraction of sp³-hybridized carbons (Fsp3) is 0.412. The van der Waals surface area contributed by atoms with Gasteiger partial charge in [-0.1, -0.05) is 38.1 Å². The van der Waals surface area contributed by atoms with Gasteiger partial charge >= 0.3 is 0 Å². The van der Waals surface area contributed by atoms with Gasteiger partial charge in [0.05, 0.1) is 5.69 Å². The van der Waals surface area contributed by atoms with Gasteiger partial charge in [0.15, 0.2) is 5.01 Å². The quantitative estimate of drug-likeness (QED) is 0.889. The average Bonchev–Trinajstić information content (AvgIpc) is 2.94. The molecule has 0 radical (unpaired) electrons. The molecule has 2 rings (SSSR count). The zero-order valence-corrected chi connectivity index (χ0v) is 14.4. The highest BCUT2D eigenvalue weighted by Crippen LogP contribution is 2.17. The van der Waals surface area contributed by atoms with Crippen molar-refractivity contribution in [2.75, 3.05) is 14.1 Å². The van der Waals surface area contributed by atoms with Crippen molar-refractivity contribution in [2.45, 2.75) is 32.9 Å². The van der Waals surface area contributed by atoms with E-state index >= 15 is 0 Å². The van der Waals surface area contributed by atoms with Crippen LogP contribution in [-0.4, -0.2) is 29.9 Å². The van der Waals surface area contributed by atoms with E-state index in [0.29, 0.717) is 17.5 Å². The van der Waals surface area contributed by atoms with Crippen LogP contribution in [0.3, 0.4) is 0 Å². The van der Waals surface area contributed by atoms with Crippen LogP contribution in [0.15, 0.2) is 29.6 Å². The number of thiazole rings is 1. The van der Waals surface area contributed by atoms with Crippen LogP contribution in [0.5, 0.6) is 0 Å². The van der Waals surface area contributed by atoms with E-state index in [1.165, 1.54) is 16.9 Å². The largest absolute Gasteiger partial charge is 0.346 e. The third-order valence-electron chi connectivity index (χ3n) is 3.25. The minimum Gasteiger partial charge on any atom is -0.346 e. The number of rotatable bonds is 6. The van der Waals surface area contributed by atoms with Crippen LogP contribution in [0.4, 0.5) is 0 Å². The molecule has 0 aliphatic rings. The summed E-state index contributed by atoms with van der Waals surface area (Å²) in [6.07, 6.45) is 0. The minimum absolute atomic E-state index is 0.102. The lowest BCUT2D eigenvalue weighted by Crippen LogP contribution is -2.22. The highest BCUT2D eigenvalue weighted by Gasteiger charge is 2.12. The average molecular weight is 317 g/mol. The van der Waals surface area contributed by atoms with Gasteiger partial charge < -0.3 is 10.2 Å². The van der Waals surface area contributed by atoms with E-state index < -0.39 is 0 Å². The Morgan fingerprint density at radius 1 is 1.32 bits per heavy atom. The predicted molar refractivity (Wildman–Crippen MR) is 91.2 cm³/mol. The van der Waals surface area contributed by atoms with Crippen molar-refractivity contribution in [3.63, 3.8) is 0 Å². The van der Waals surface area contributed by atoms with Crippen LogP contribution in [0.25, 0.3) is 0 Å². The molecule has 1 amide bonds. The number of amides is 1. The lowest BCUT2D eigenvalue weighted by Gasteiger charge is -2.11. The number of hydrogen-bond acceptors (Lipinski definition) is 4. The SMILES string of the molecule is CC(C)c1csc(C(=O)NCc2cccc(CN(C)C)c2)n1. The van der Waals surface area contributed by atoms with Crippen molar-refractivity contribution < 1.29 is 4.79 Å². The van der Waals surface area contributed by atoms with Gasteiger partial charge in [0.1, 0.15) is 0 Å². The van der Waals surface area contributed by atoms with Crippen molar-refractivity contribution >= 4 is 17.2 Å². The van der Waals surface area contributed by atoms with Crippen LogP contribution in [0.1, 0.15) is 46.4 Å². The summed E-state index contributed by atoms with van der Waals surface area (Å²) < 4.78 is 0. The van der Waals surface area contributed by atoms with Gasteiger partial charge in [0.2, 0.25) is 0 Å². The van der Waals surface area contributed by atoms with E-state index in [0.717, 1.165) is 17.8 Å². The summed E-state index contributed by atoms with van der Waals surface area (Å²) in [5, 5.41) is 5.43. The maximum absolute atomic E-state index is 12.1. The normalized spacial score (nSPS) is 11.2. The summed E-state index contributed by atoms with van der Waals surface area (Å²) in [5.41, 5.74) is 3.32. The van der Waals surface area contributed by atoms with Gasteiger partial charge in [-0.3, -0.25) is 4.79 Å². The Morgan fingerprint density at radius 3 is 2.68 bits per heavy atom. The minimum atomic E-state index is -0.102. The fourth-order valence-corrected chi connectivity index (χ4v) is 3.01. The molecule has 4 nitrogen and oxygen atoms in total. The monoisotopic (exact) mass is 317 g/mol. The van der Waals surface area contributed by atoms with E-state index in [2.05, 4.69) is 41.2 Å². The molecule has 0 atom stereocenters. The molecule has 22 heavy (non-hydrogen) atoms. The zero-order chi connectivity index (χ0) is 16.1. The van der Waals surface area contributed by atoms with Crippen LogP contribution in [-0.2, 0) is 13.1 Å². The third-order valence-corrected chi connectivity index (χ3v) is 4.11. The maximum atomic E-state index is 12.1. The van der Waals surface area contributed by atoms with E-state index in [1.807, 2.05) is 31.6 Å². The molecule has 0 fully saturated rings. The Balaban J connectivity index is 1.95. The molecule has 1 aromatic carbocycles. The molecule has 1 N–H and O–H groups in total. The predicted octanol–water partition coefficient (Wildman–Crippen LogP) is 3.26. The lowest BCUT2D eigenvalue weighted by atomic mass is 10.1. The molecule has 0 saturated carbocycles. The summed E-state index contributed by atoms with van der Waals surface area (Å²) >= 11 is 1.40. The summed E-state index contributed by atoms with van der Waals surface area (Å²) in [6, 6.07) is 8.28. The topological polar surface area (TPSA) is 45.2 Å². The number of aromatic nitrogens is 1. The highest BCUT2D eigenvalue weighted by atomic mass is 32.1. The van der Waals surface area contributed by atoms with Crippen molar-refractivity contribution in [3.05, 3.63) is 51.5 Å². The van der Waals surface area contributed by atoms with Crippen molar-refractivity contribution in [3.8, 4) is 0 Å². The molecule has 1 heterocycles. The molecular weight excluding hydrogens is 294 g/mol. The molecule has 0 saturated heterocycles. The standard InChI is InChI=1S/C17H23N3OS/c1-12(2)15-11-22-17(19-15)16(21)18-9-13-6-5-7-14(8-13)10-20(3)4/h5-8,11-12H,9-10H2,1-4H3,(H,18,21). The molecule has 118 valence electrons. The van der Waals surface area contributed by atoms with Gasteiger partial charge in [0, 0.05) is 18.5 Å². The van der Waals surface area contributed by atoms with E-state index in [1.54, 1.807) is 0 Å². The van der Waals surface area contributed by atoms with Crippen LogP contribution >= 0.6 is 11.3 Å². The van der Waals surface area contributed by atoms with Crippen molar-refractivity contribution in [2.24, 2.45) is 0 Å². The van der Waals surface area contributed by atoms with Crippen molar-refractivity contribution in [1.29, 1.82) is 0 Å².